The van der Waals surface area contributed by atoms with Crippen molar-refractivity contribution < 1.29 is 26.0 Å². The van der Waals surface area contributed by atoms with E-state index in [1.54, 1.807) is 0 Å². The molecule has 2 aromatic rings. The number of halogens is 2. The zero-order valence-corrected chi connectivity index (χ0v) is 17.7. The molecular formula is C18H17BrFNO5S2. The fraction of sp³-hybridized carbons (Fsp3) is 0.278. The summed E-state index contributed by atoms with van der Waals surface area (Å²) in [5.41, 5.74) is 0.944. The Labute approximate surface area is 171 Å². The molecule has 0 heterocycles. The van der Waals surface area contributed by atoms with Gasteiger partial charge in [0.25, 0.3) is 0 Å². The summed E-state index contributed by atoms with van der Waals surface area (Å²) in [7, 11) is -8.02. The summed E-state index contributed by atoms with van der Waals surface area (Å²) in [5.74, 6) is -3.19. The van der Waals surface area contributed by atoms with Gasteiger partial charge in [-0.15, -0.1) is 0 Å². The first-order valence-corrected chi connectivity index (χ1v) is 12.5. The second-order valence-electron chi connectivity index (χ2n) is 6.56. The lowest BCUT2D eigenvalue weighted by molar-refractivity contribution is -0.120. The van der Waals surface area contributed by atoms with E-state index in [9.17, 15) is 26.0 Å². The Morgan fingerprint density at radius 1 is 1.00 bits per heavy atom. The molecule has 0 radical (unpaired) electrons. The lowest BCUT2D eigenvalue weighted by Crippen LogP contribution is -2.35. The third-order valence-electron chi connectivity index (χ3n) is 4.48. The van der Waals surface area contributed by atoms with Gasteiger partial charge in [-0.25, -0.2) is 21.2 Å². The van der Waals surface area contributed by atoms with Crippen molar-refractivity contribution in [3.05, 3.63) is 64.4 Å². The van der Waals surface area contributed by atoms with Crippen LogP contribution in [0.2, 0.25) is 0 Å². The highest BCUT2D eigenvalue weighted by Gasteiger charge is 2.45. The molecule has 2 atom stereocenters. The first kappa shape index (κ1) is 20.9. The van der Waals surface area contributed by atoms with Crippen molar-refractivity contribution in [3.8, 4) is 0 Å². The fourth-order valence-corrected chi connectivity index (χ4v) is 6.19. The predicted octanol–water partition coefficient (Wildman–Crippen LogP) is 2.61. The standard InChI is InChI=1S/C18H17BrFNO5S2/c19-13-3-1-12(2-4-13)16-11-17(16)18(22)21-28(25,26)10-9-27(23,24)15-7-5-14(20)6-8-15/h1-8,16-17H,9-11H2,(H,21,22)/t16-,17+/m0/s1. The van der Waals surface area contributed by atoms with E-state index in [1.807, 2.05) is 29.0 Å². The molecule has 1 saturated carbocycles. The Bertz CT molecular complexity index is 1080. The molecular weight excluding hydrogens is 473 g/mol. The number of benzene rings is 2. The smallest absolute Gasteiger partial charge is 0.237 e. The van der Waals surface area contributed by atoms with Crippen molar-refractivity contribution >= 4 is 41.7 Å². The fourth-order valence-electron chi connectivity index (χ4n) is 2.82. The van der Waals surface area contributed by atoms with Crippen LogP contribution in [0.15, 0.2) is 57.9 Å². The highest BCUT2D eigenvalue weighted by Crippen LogP contribution is 2.47. The van der Waals surface area contributed by atoms with Crippen LogP contribution in [0, 0.1) is 11.7 Å². The van der Waals surface area contributed by atoms with Crippen LogP contribution in [0.1, 0.15) is 17.9 Å². The molecule has 1 aliphatic rings. The van der Waals surface area contributed by atoms with E-state index in [4.69, 9.17) is 0 Å². The predicted molar refractivity (Wildman–Crippen MR) is 105 cm³/mol. The molecule has 3 rings (SSSR count). The average molecular weight is 490 g/mol. The Morgan fingerprint density at radius 2 is 1.61 bits per heavy atom. The third-order valence-corrected chi connectivity index (χ3v) is 8.25. The molecule has 1 N–H and O–H groups in total. The molecule has 150 valence electrons. The molecule has 0 bridgehead atoms. The van der Waals surface area contributed by atoms with E-state index in [1.165, 1.54) is 0 Å². The first-order chi connectivity index (χ1) is 13.1. The van der Waals surface area contributed by atoms with Gasteiger partial charge in [-0.1, -0.05) is 28.1 Å². The third kappa shape index (κ3) is 5.18. The molecule has 1 fully saturated rings. The van der Waals surface area contributed by atoms with Crippen LogP contribution in [0.4, 0.5) is 4.39 Å². The zero-order valence-electron chi connectivity index (χ0n) is 14.5. The molecule has 0 spiro atoms. The lowest BCUT2D eigenvalue weighted by atomic mass is 10.1. The molecule has 0 aliphatic heterocycles. The number of sulfone groups is 1. The average Bonchev–Trinajstić information content (AvgIpc) is 3.42. The van der Waals surface area contributed by atoms with Gasteiger partial charge in [0.2, 0.25) is 15.9 Å². The van der Waals surface area contributed by atoms with E-state index in [-0.39, 0.29) is 10.8 Å². The van der Waals surface area contributed by atoms with Crippen LogP contribution in [0.3, 0.4) is 0 Å². The minimum Gasteiger partial charge on any atom is -0.274 e. The Hall–Kier alpha value is -1.78. The number of carbonyl (C=O) groups is 1. The molecule has 6 nitrogen and oxygen atoms in total. The van der Waals surface area contributed by atoms with Crippen LogP contribution in [-0.2, 0) is 24.7 Å². The van der Waals surface area contributed by atoms with Crippen molar-refractivity contribution in [2.45, 2.75) is 17.2 Å². The van der Waals surface area contributed by atoms with E-state index >= 15 is 0 Å². The molecule has 1 aliphatic carbocycles. The van der Waals surface area contributed by atoms with Crippen molar-refractivity contribution in [2.75, 3.05) is 11.5 Å². The molecule has 2 aromatic carbocycles. The van der Waals surface area contributed by atoms with Gasteiger partial charge in [-0.3, -0.25) is 9.52 Å². The van der Waals surface area contributed by atoms with Crippen LogP contribution >= 0.6 is 15.9 Å². The van der Waals surface area contributed by atoms with Gasteiger partial charge in [-0.2, -0.15) is 0 Å². The van der Waals surface area contributed by atoms with Gasteiger partial charge in [0.1, 0.15) is 5.82 Å². The first-order valence-electron chi connectivity index (χ1n) is 8.35. The topological polar surface area (TPSA) is 97.4 Å². The summed E-state index contributed by atoms with van der Waals surface area (Å²) in [4.78, 5) is 12.0. The Kier molecular flexibility index (Phi) is 5.92. The summed E-state index contributed by atoms with van der Waals surface area (Å²) in [5, 5.41) is 0. The van der Waals surface area contributed by atoms with Gasteiger partial charge in [0.05, 0.1) is 16.4 Å². The largest absolute Gasteiger partial charge is 0.274 e. The van der Waals surface area contributed by atoms with Crippen molar-refractivity contribution in [1.82, 2.24) is 4.72 Å². The molecule has 28 heavy (non-hydrogen) atoms. The van der Waals surface area contributed by atoms with Crippen LogP contribution < -0.4 is 4.72 Å². The summed E-state index contributed by atoms with van der Waals surface area (Å²) in [6.45, 7) is 0. The van der Waals surface area contributed by atoms with Gasteiger partial charge in [-0.05, 0) is 54.3 Å². The van der Waals surface area contributed by atoms with Crippen molar-refractivity contribution in [1.29, 1.82) is 0 Å². The van der Waals surface area contributed by atoms with Gasteiger partial charge >= 0.3 is 0 Å². The number of rotatable bonds is 7. The number of amides is 1. The van der Waals surface area contributed by atoms with Crippen LogP contribution in [0.25, 0.3) is 0 Å². The minimum absolute atomic E-state index is 0.0498. The molecule has 0 unspecified atom stereocenters. The highest BCUT2D eigenvalue weighted by atomic mass is 79.9. The molecule has 0 saturated heterocycles. The number of nitrogens with one attached hydrogen (secondary N) is 1. The van der Waals surface area contributed by atoms with Gasteiger partial charge in [0.15, 0.2) is 9.84 Å². The van der Waals surface area contributed by atoms with E-state index in [0.717, 1.165) is 34.3 Å². The second kappa shape index (κ2) is 7.92. The van der Waals surface area contributed by atoms with Crippen molar-refractivity contribution in [2.24, 2.45) is 5.92 Å². The monoisotopic (exact) mass is 489 g/mol. The number of sulfonamides is 1. The Morgan fingerprint density at radius 3 is 2.21 bits per heavy atom. The quantitative estimate of drug-likeness (QED) is 0.602. The maximum atomic E-state index is 12.9. The van der Waals surface area contributed by atoms with Crippen LogP contribution in [-0.4, -0.2) is 34.2 Å². The van der Waals surface area contributed by atoms with Crippen molar-refractivity contribution in [3.63, 3.8) is 0 Å². The number of hydrogen-bond acceptors (Lipinski definition) is 5. The summed E-state index contributed by atoms with van der Waals surface area (Å²) in [6.07, 6.45) is 0.539. The van der Waals surface area contributed by atoms with E-state index < -0.39 is 49.0 Å². The van der Waals surface area contributed by atoms with E-state index in [0.29, 0.717) is 6.42 Å². The van der Waals surface area contributed by atoms with E-state index in [2.05, 4.69) is 15.9 Å². The SMILES string of the molecule is O=C(NS(=O)(=O)CCS(=O)(=O)c1ccc(F)cc1)[C@@H]1C[C@H]1c1ccc(Br)cc1. The molecule has 10 heteroatoms. The lowest BCUT2D eigenvalue weighted by Gasteiger charge is -2.08. The number of carbonyl (C=O) groups excluding carboxylic acids is 1. The van der Waals surface area contributed by atoms with Gasteiger partial charge < -0.3 is 0 Å². The zero-order chi connectivity index (χ0) is 20.5. The van der Waals surface area contributed by atoms with Crippen LogP contribution in [0.5, 0.6) is 0 Å². The summed E-state index contributed by atoms with van der Waals surface area (Å²) < 4.78 is 64.4. The van der Waals surface area contributed by atoms with Gasteiger partial charge in [0, 0.05) is 10.4 Å². The second-order valence-corrected chi connectivity index (χ2v) is 11.4. The highest BCUT2D eigenvalue weighted by molar-refractivity contribution is 9.10. The maximum absolute atomic E-state index is 12.9. The minimum atomic E-state index is -4.11. The molecule has 0 aromatic heterocycles. The number of hydrogen-bond donors (Lipinski definition) is 1. The summed E-state index contributed by atoms with van der Waals surface area (Å²) in [6, 6.07) is 11.5. The Balaban J connectivity index is 1.57. The molecule has 1 amide bonds. The maximum Gasteiger partial charge on any atom is 0.237 e. The normalized spacial score (nSPS) is 19.2. The summed E-state index contributed by atoms with van der Waals surface area (Å²) >= 11 is 3.33.